The highest BCUT2D eigenvalue weighted by Gasteiger charge is 2.24. The van der Waals surface area contributed by atoms with E-state index in [1.807, 2.05) is 13.0 Å². The number of aliphatic hydroxyl groups excluding tert-OH is 1. The Morgan fingerprint density at radius 3 is 2.50 bits per heavy atom. The molecule has 1 aromatic heterocycles. The number of thiophene rings is 1. The summed E-state index contributed by atoms with van der Waals surface area (Å²) in [7, 11) is 0. The smallest absolute Gasteiger partial charge is 0.0652 e. The largest absolute Gasteiger partial charge is 0.394 e. The van der Waals surface area contributed by atoms with Gasteiger partial charge < -0.3 is 10.4 Å². The van der Waals surface area contributed by atoms with Gasteiger partial charge in [-0.25, -0.2) is 0 Å². The highest BCUT2D eigenvalue weighted by atomic mass is 32.1. The molecule has 0 aliphatic carbocycles. The van der Waals surface area contributed by atoms with Gasteiger partial charge >= 0.3 is 0 Å². The average Bonchev–Trinajstić information content (AvgIpc) is 2.90. The molecule has 3 heteroatoms. The molecular weight excluding hydrogens is 242 g/mol. The zero-order chi connectivity index (χ0) is 13.0. The number of benzene rings is 1. The van der Waals surface area contributed by atoms with Gasteiger partial charge in [-0.2, -0.15) is 0 Å². The molecule has 0 radical (unpaired) electrons. The fourth-order valence-electron chi connectivity index (χ4n) is 1.87. The van der Waals surface area contributed by atoms with E-state index in [9.17, 15) is 5.11 Å². The molecule has 0 amide bonds. The van der Waals surface area contributed by atoms with Crippen LogP contribution in [0.5, 0.6) is 0 Å². The number of hydrogen-bond acceptors (Lipinski definition) is 3. The molecule has 0 bridgehead atoms. The lowest BCUT2D eigenvalue weighted by molar-refractivity contribution is 0.174. The van der Waals surface area contributed by atoms with E-state index in [4.69, 9.17) is 0 Å². The first-order valence-electron chi connectivity index (χ1n) is 6.09. The van der Waals surface area contributed by atoms with Crippen molar-refractivity contribution in [3.63, 3.8) is 0 Å². The van der Waals surface area contributed by atoms with Crippen molar-refractivity contribution in [2.24, 2.45) is 0 Å². The molecule has 1 aromatic carbocycles. The van der Waals surface area contributed by atoms with Crippen LogP contribution < -0.4 is 5.32 Å². The minimum Gasteiger partial charge on any atom is -0.394 e. The van der Waals surface area contributed by atoms with Gasteiger partial charge in [0, 0.05) is 11.4 Å². The van der Waals surface area contributed by atoms with Crippen molar-refractivity contribution < 1.29 is 5.11 Å². The van der Waals surface area contributed by atoms with E-state index in [1.165, 1.54) is 10.4 Å². The van der Waals surface area contributed by atoms with Crippen LogP contribution in [0.1, 0.15) is 22.9 Å². The molecule has 2 N–H and O–H groups in total. The molecule has 0 spiro atoms. The predicted octanol–water partition coefficient (Wildman–Crippen LogP) is 3.05. The van der Waals surface area contributed by atoms with Gasteiger partial charge in [0.05, 0.1) is 12.1 Å². The van der Waals surface area contributed by atoms with Gasteiger partial charge in [0.1, 0.15) is 0 Å². The van der Waals surface area contributed by atoms with E-state index in [-0.39, 0.29) is 6.61 Å². The molecule has 96 valence electrons. The molecule has 2 aromatic rings. The molecule has 0 aliphatic rings. The first-order chi connectivity index (χ1) is 8.64. The van der Waals surface area contributed by atoms with Crippen LogP contribution in [0.4, 0.5) is 0 Å². The summed E-state index contributed by atoms with van der Waals surface area (Å²) in [6.07, 6.45) is 0. The van der Waals surface area contributed by atoms with Crippen LogP contribution in [-0.4, -0.2) is 11.7 Å². The Kier molecular flexibility index (Phi) is 4.17. The van der Waals surface area contributed by atoms with E-state index in [0.717, 1.165) is 12.1 Å². The maximum absolute atomic E-state index is 9.68. The molecular formula is C15H19NOS. The van der Waals surface area contributed by atoms with Gasteiger partial charge in [0.15, 0.2) is 0 Å². The van der Waals surface area contributed by atoms with Crippen molar-refractivity contribution >= 4 is 11.3 Å². The topological polar surface area (TPSA) is 32.3 Å². The summed E-state index contributed by atoms with van der Waals surface area (Å²) in [6, 6.07) is 12.5. The van der Waals surface area contributed by atoms with E-state index >= 15 is 0 Å². The van der Waals surface area contributed by atoms with Crippen molar-refractivity contribution in [1.82, 2.24) is 5.32 Å². The number of nitrogens with one attached hydrogen (secondary N) is 1. The van der Waals surface area contributed by atoms with Crippen LogP contribution >= 0.6 is 11.3 Å². The molecule has 0 fully saturated rings. The van der Waals surface area contributed by atoms with Gasteiger partial charge in [-0.15, -0.1) is 11.3 Å². The fraction of sp³-hybridized carbons (Fsp3) is 0.333. The van der Waals surface area contributed by atoms with E-state index < -0.39 is 5.54 Å². The Morgan fingerprint density at radius 2 is 1.94 bits per heavy atom. The standard InChI is InChI=1S/C15H19NOS/c1-12-5-7-13(8-6-12)15(2,11-17)16-10-14-4-3-9-18-14/h3-9,16-17H,10-11H2,1-2H3. The highest BCUT2D eigenvalue weighted by molar-refractivity contribution is 7.09. The van der Waals surface area contributed by atoms with Crippen molar-refractivity contribution in [3.05, 3.63) is 57.8 Å². The van der Waals surface area contributed by atoms with Crippen molar-refractivity contribution in [2.75, 3.05) is 6.61 Å². The van der Waals surface area contributed by atoms with Gasteiger partial charge in [-0.05, 0) is 30.9 Å². The molecule has 0 saturated carbocycles. The third kappa shape index (κ3) is 2.99. The molecule has 0 saturated heterocycles. The normalized spacial score (nSPS) is 14.4. The minimum atomic E-state index is -0.391. The molecule has 18 heavy (non-hydrogen) atoms. The summed E-state index contributed by atoms with van der Waals surface area (Å²) >= 11 is 1.73. The zero-order valence-corrected chi connectivity index (χ0v) is 11.6. The lowest BCUT2D eigenvalue weighted by Gasteiger charge is -2.29. The number of aryl methyl sites for hydroxylation is 1. The summed E-state index contributed by atoms with van der Waals surface area (Å²) in [5, 5.41) is 15.2. The third-order valence-electron chi connectivity index (χ3n) is 3.24. The summed E-state index contributed by atoms with van der Waals surface area (Å²) in [4.78, 5) is 1.28. The first-order valence-corrected chi connectivity index (χ1v) is 6.97. The maximum atomic E-state index is 9.68. The van der Waals surface area contributed by atoms with Crippen molar-refractivity contribution in [2.45, 2.75) is 25.9 Å². The van der Waals surface area contributed by atoms with Gasteiger partial charge in [-0.3, -0.25) is 0 Å². The summed E-state index contributed by atoms with van der Waals surface area (Å²) < 4.78 is 0. The number of rotatable bonds is 5. The molecule has 2 nitrogen and oxygen atoms in total. The van der Waals surface area contributed by atoms with Gasteiger partial charge in [-0.1, -0.05) is 35.9 Å². The van der Waals surface area contributed by atoms with Crippen LogP contribution in [0.15, 0.2) is 41.8 Å². The third-order valence-corrected chi connectivity index (χ3v) is 4.11. The van der Waals surface area contributed by atoms with Crippen LogP contribution in [0, 0.1) is 6.92 Å². The second-order valence-electron chi connectivity index (χ2n) is 4.79. The highest BCUT2D eigenvalue weighted by Crippen LogP contribution is 2.22. The number of aliphatic hydroxyl groups is 1. The molecule has 1 heterocycles. The molecule has 2 rings (SSSR count). The zero-order valence-electron chi connectivity index (χ0n) is 10.8. The van der Waals surface area contributed by atoms with E-state index in [0.29, 0.717) is 0 Å². The predicted molar refractivity (Wildman–Crippen MR) is 76.8 cm³/mol. The SMILES string of the molecule is Cc1ccc(C(C)(CO)NCc2cccs2)cc1. The Labute approximate surface area is 112 Å². The Balaban J connectivity index is 2.12. The Morgan fingerprint density at radius 1 is 1.22 bits per heavy atom. The van der Waals surface area contributed by atoms with E-state index in [2.05, 4.69) is 48.0 Å². The van der Waals surface area contributed by atoms with Gasteiger partial charge in [0.25, 0.3) is 0 Å². The van der Waals surface area contributed by atoms with Crippen molar-refractivity contribution in [3.8, 4) is 0 Å². The summed E-state index contributed by atoms with van der Waals surface area (Å²) in [6.45, 7) is 4.97. The Hall–Kier alpha value is -1.16. The lowest BCUT2D eigenvalue weighted by atomic mass is 9.92. The van der Waals surface area contributed by atoms with Crippen molar-refractivity contribution in [1.29, 1.82) is 0 Å². The number of hydrogen-bond donors (Lipinski definition) is 2. The van der Waals surface area contributed by atoms with Crippen LogP contribution in [0.2, 0.25) is 0 Å². The second kappa shape index (κ2) is 5.65. The first kappa shape index (κ1) is 13.3. The summed E-state index contributed by atoms with van der Waals surface area (Å²) in [5.74, 6) is 0. The van der Waals surface area contributed by atoms with Crippen LogP contribution in [-0.2, 0) is 12.1 Å². The maximum Gasteiger partial charge on any atom is 0.0652 e. The van der Waals surface area contributed by atoms with Gasteiger partial charge in [0.2, 0.25) is 0 Å². The minimum absolute atomic E-state index is 0.0848. The second-order valence-corrected chi connectivity index (χ2v) is 5.82. The van der Waals surface area contributed by atoms with E-state index in [1.54, 1.807) is 11.3 Å². The van der Waals surface area contributed by atoms with Crippen LogP contribution in [0.3, 0.4) is 0 Å². The Bertz CT molecular complexity index is 478. The molecule has 1 atom stereocenters. The molecule has 1 unspecified atom stereocenters. The average molecular weight is 261 g/mol. The quantitative estimate of drug-likeness (QED) is 0.867. The van der Waals surface area contributed by atoms with Crippen LogP contribution in [0.25, 0.3) is 0 Å². The lowest BCUT2D eigenvalue weighted by Crippen LogP contribution is -2.42. The fourth-order valence-corrected chi connectivity index (χ4v) is 2.51. The molecule has 0 aliphatic heterocycles. The monoisotopic (exact) mass is 261 g/mol. The summed E-state index contributed by atoms with van der Waals surface area (Å²) in [5.41, 5.74) is 1.96.